The number of halogens is 2. The van der Waals surface area contributed by atoms with E-state index in [-0.39, 0.29) is 28.6 Å². The van der Waals surface area contributed by atoms with E-state index < -0.39 is 5.82 Å². The molecule has 0 aliphatic carbocycles. The van der Waals surface area contributed by atoms with Crippen LogP contribution in [-0.4, -0.2) is 15.7 Å². The first kappa shape index (κ1) is 17.4. The molecule has 0 amide bonds. The first-order valence-corrected chi connectivity index (χ1v) is 7.84. The number of aromatic nitrogens is 2. The molecule has 1 heterocycles. The van der Waals surface area contributed by atoms with Gasteiger partial charge in [-0.3, -0.25) is 0 Å². The quantitative estimate of drug-likeness (QED) is 0.541. The van der Waals surface area contributed by atoms with E-state index in [4.69, 9.17) is 11.1 Å². The van der Waals surface area contributed by atoms with Gasteiger partial charge in [-0.15, -0.1) is 0 Å². The lowest BCUT2D eigenvalue weighted by molar-refractivity contribution is 0.627. The molecular formula is C20H16F2N4. The maximum atomic E-state index is 14.3. The van der Waals surface area contributed by atoms with E-state index in [1.54, 1.807) is 30.6 Å². The van der Waals surface area contributed by atoms with Crippen molar-refractivity contribution in [3.63, 3.8) is 0 Å². The van der Waals surface area contributed by atoms with E-state index in [9.17, 15) is 8.78 Å². The first-order chi connectivity index (χ1) is 12.4. The van der Waals surface area contributed by atoms with Crippen molar-refractivity contribution >= 4 is 17.5 Å². The van der Waals surface area contributed by atoms with Gasteiger partial charge in [-0.2, -0.15) is 0 Å². The zero-order valence-corrected chi connectivity index (χ0v) is 14.0. The number of allylic oxidation sites excluding steroid dienone is 1. The number of rotatable bonds is 4. The predicted octanol–water partition coefficient (Wildman–Crippen LogP) is 4.39. The van der Waals surface area contributed by atoms with Crippen LogP contribution in [0.1, 0.15) is 16.7 Å². The molecule has 3 aromatic rings. The number of anilines is 1. The molecular weight excluding hydrogens is 334 g/mol. The Kier molecular flexibility index (Phi) is 4.84. The van der Waals surface area contributed by atoms with Crippen molar-refractivity contribution in [1.82, 2.24) is 9.97 Å². The number of hydrogen-bond donors (Lipinski definition) is 2. The Balaban J connectivity index is 1.94. The normalized spacial score (nSPS) is 11.0. The van der Waals surface area contributed by atoms with Crippen LogP contribution in [0.25, 0.3) is 17.5 Å². The van der Waals surface area contributed by atoms with E-state index in [0.29, 0.717) is 5.56 Å². The van der Waals surface area contributed by atoms with Gasteiger partial charge < -0.3 is 11.1 Å². The third-order valence-corrected chi connectivity index (χ3v) is 3.76. The van der Waals surface area contributed by atoms with Gasteiger partial charge in [0.25, 0.3) is 0 Å². The number of nitrogens with two attached hydrogens (primary N) is 1. The summed E-state index contributed by atoms with van der Waals surface area (Å²) >= 11 is 0. The van der Waals surface area contributed by atoms with Crippen LogP contribution in [0.5, 0.6) is 0 Å². The van der Waals surface area contributed by atoms with E-state index in [1.807, 2.05) is 6.92 Å². The molecule has 0 spiro atoms. The van der Waals surface area contributed by atoms with Crippen LogP contribution < -0.4 is 5.73 Å². The zero-order valence-electron chi connectivity index (χ0n) is 14.0. The van der Waals surface area contributed by atoms with Gasteiger partial charge in [0.2, 0.25) is 0 Å². The SMILES string of the molecule is Cc1cnc(-c2cc(C(=N)/C=C/c3ccc(F)cc3)c(N)cc2F)nc1. The van der Waals surface area contributed by atoms with E-state index in [2.05, 4.69) is 9.97 Å². The van der Waals surface area contributed by atoms with Crippen LogP contribution in [-0.2, 0) is 0 Å². The van der Waals surface area contributed by atoms with Gasteiger partial charge in [-0.05, 0) is 48.4 Å². The molecule has 4 nitrogen and oxygen atoms in total. The largest absolute Gasteiger partial charge is 0.398 e. The van der Waals surface area contributed by atoms with Crippen molar-refractivity contribution in [1.29, 1.82) is 5.41 Å². The summed E-state index contributed by atoms with van der Waals surface area (Å²) in [6, 6.07) is 8.49. The molecule has 0 radical (unpaired) electrons. The highest BCUT2D eigenvalue weighted by Gasteiger charge is 2.14. The van der Waals surface area contributed by atoms with Crippen molar-refractivity contribution in [2.75, 3.05) is 5.73 Å². The minimum absolute atomic E-state index is 0.0974. The van der Waals surface area contributed by atoms with E-state index >= 15 is 0 Å². The van der Waals surface area contributed by atoms with Crippen molar-refractivity contribution in [2.24, 2.45) is 0 Å². The van der Waals surface area contributed by atoms with Crippen LogP contribution >= 0.6 is 0 Å². The van der Waals surface area contributed by atoms with Crippen LogP contribution in [0.4, 0.5) is 14.5 Å². The lowest BCUT2D eigenvalue weighted by Crippen LogP contribution is -2.04. The average Bonchev–Trinajstić information content (AvgIpc) is 2.62. The van der Waals surface area contributed by atoms with Crippen LogP contribution in [0.2, 0.25) is 0 Å². The Morgan fingerprint density at radius 3 is 2.38 bits per heavy atom. The monoisotopic (exact) mass is 350 g/mol. The van der Waals surface area contributed by atoms with Crippen molar-refractivity contribution < 1.29 is 8.78 Å². The Labute approximate surface area is 149 Å². The Morgan fingerprint density at radius 2 is 1.73 bits per heavy atom. The summed E-state index contributed by atoms with van der Waals surface area (Å²) < 4.78 is 27.2. The summed E-state index contributed by atoms with van der Waals surface area (Å²) in [5.74, 6) is -0.655. The highest BCUT2D eigenvalue weighted by Crippen LogP contribution is 2.25. The van der Waals surface area contributed by atoms with Crippen LogP contribution in [0.15, 0.2) is 54.9 Å². The van der Waals surface area contributed by atoms with Gasteiger partial charge in [0, 0.05) is 23.6 Å². The fraction of sp³-hybridized carbons (Fsp3) is 0.0500. The molecule has 1 aromatic heterocycles. The molecule has 130 valence electrons. The standard InChI is InChI=1S/C20H16F2N4/c1-12-10-25-20(26-11-12)15-8-16(19(24)9-17(15)22)18(23)7-4-13-2-5-14(21)6-3-13/h2-11,23H,24H2,1H3/b7-4+,23-18?. The number of nitrogen functional groups attached to an aromatic ring is 1. The molecule has 0 atom stereocenters. The molecule has 26 heavy (non-hydrogen) atoms. The second kappa shape index (κ2) is 7.23. The molecule has 3 N–H and O–H groups in total. The summed E-state index contributed by atoms with van der Waals surface area (Å²) in [5.41, 5.74) is 8.26. The van der Waals surface area contributed by atoms with E-state index in [1.165, 1.54) is 24.3 Å². The third-order valence-electron chi connectivity index (χ3n) is 3.76. The summed E-state index contributed by atoms with van der Waals surface area (Å²) in [6.45, 7) is 1.84. The maximum absolute atomic E-state index is 14.3. The van der Waals surface area contributed by atoms with Crippen LogP contribution in [0, 0.1) is 24.0 Å². The third kappa shape index (κ3) is 3.80. The van der Waals surface area contributed by atoms with Crippen molar-refractivity contribution in [3.05, 3.63) is 83.2 Å². The number of nitrogens with zero attached hydrogens (tertiary/aromatic N) is 2. The summed E-state index contributed by atoms with van der Waals surface area (Å²) in [5, 5.41) is 8.22. The van der Waals surface area contributed by atoms with Crippen molar-refractivity contribution in [3.8, 4) is 11.4 Å². The number of nitrogens with one attached hydrogen (secondary N) is 1. The fourth-order valence-corrected chi connectivity index (χ4v) is 2.37. The molecule has 0 bridgehead atoms. The minimum atomic E-state index is -0.551. The van der Waals surface area contributed by atoms with Gasteiger partial charge in [0.1, 0.15) is 11.6 Å². The zero-order chi connectivity index (χ0) is 18.7. The molecule has 6 heteroatoms. The molecule has 3 rings (SSSR count). The summed E-state index contributed by atoms with van der Waals surface area (Å²) in [6.07, 6.45) is 6.37. The van der Waals surface area contributed by atoms with Gasteiger partial charge >= 0.3 is 0 Å². The van der Waals surface area contributed by atoms with Crippen LogP contribution in [0.3, 0.4) is 0 Å². The van der Waals surface area contributed by atoms with Crippen molar-refractivity contribution in [2.45, 2.75) is 6.92 Å². The van der Waals surface area contributed by atoms with E-state index in [0.717, 1.165) is 17.2 Å². The Hall–Kier alpha value is -3.41. The fourth-order valence-electron chi connectivity index (χ4n) is 2.37. The molecule has 0 saturated heterocycles. The lowest BCUT2D eigenvalue weighted by atomic mass is 10.0. The van der Waals surface area contributed by atoms with Gasteiger partial charge in [0.15, 0.2) is 5.82 Å². The molecule has 2 aromatic carbocycles. The minimum Gasteiger partial charge on any atom is -0.398 e. The molecule has 0 saturated carbocycles. The average molecular weight is 350 g/mol. The molecule has 0 aliphatic heterocycles. The van der Waals surface area contributed by atoms with Gasteiger partial charge in [0.05, 0.1) is 11.3 Å². The number of benzene rings is 2. The first-order valence-electron chi connectivity index (χ1n) is 7.84. The molecule has 0 fully saturated rings. The maximum Gasteiger partial charge on any atom is 0.162 e. The molecule has 0 aliphatic rings. The Morgan fingerprint density at radius 1 is 1.08 bits per heavy atom. The summed E-state index contributed by atoms with van der Waals surface area (Å²) in [7, 11) is 0. The Bertz CT molecular complexity index is 978. The predicted molar refractivity (Wildman–Crippen MR) is 98.8 cm³/mol. The smallest absolute Gasteiger partial charge is 0.162 e. The second-order valence-corrected chi connectivity index (χ2v) is 5.80. The van der Waals surface area contributed by atoms with Gasteiger partial charge in [-0.25, -0.2) is 18.7 Å². The lowest BCUT2D eigenvalue weighted by Gasteiger charge is -2.09. The number of aryl methyl sites for hydroxylation is 1. The topological polar surface area (TPSA) is 75.7 Å². The van der Waals surface area contributed by atoms with Gasteiger partial charge in [-0.1, -0.05) is 18.2 Å². The molecule has 0 unspecified atom stereocenters. The number of hydrogen-bond acceptors (Lipinski definition) is 4. The second-order valence-electron chi connectivity index (χ2n) is 5.80. The highest BCUT2D eigenvalue weighted by atomic mass is 19.1. The summed E-state index contributed by atoms with van der Waals surface area (Å²) in [4.78, 5) is 8.25. The highest BCUT2D eigenvalue weighted by molar-refractivity contribution is 6.12.